The van der Waals surface area contributed by atoms with Gasteiger partial charge in [-0.3, -0.25) is 4.79 Å². The van der Waals surface area contributed by atoms with Crippen molar-refractivity contribution in [2.24, 2.45) is 5.92 Å². The van der Waals surface area contributed by atoms with Crippen LogP contribution in [0.5, 0.6) is 0 Å². The zero-order valence-corrected chi connectivity index (χ0v) is 10.1. The molecule has 1 aliphatic carbocycles. The topological polar surface area (TPSA) is 20.3 Å². The first kappa shape index (κ1) is 10.4. The maximum atomic E-state index is 11.6. The number of rotatable bonds is 0. The maximum Gasteiger partial charge on any atom is 0.159 e. The molecule has 1 saturated carbocycles. The van der Waals surface area contributed by atoms with E-state index in [0.717, 1.165) is 18.4 Å². The summed E-state index contributed by atoms with van der Waals surface area (Å²) < 4.78 is 0. The molecule has 2 aliphatic heterocycles. The van der Waals surface area contributed by atoms with E-state index in [1.54, 1.807) is 0 Å². The molecule has 2 nitrogen and oxygen atoms in total. The summed E-state index contributed by atoms with van der Waals surface area (Å²) in [6.45, 7) is 2.13. The van der Waals surface area contributed by atoms with Crippen LogP contribution in [-0.2, 0) is 4.79 Å². The molecule has 3 unspecified atom stereocenters. The van der Waals surface area contributed by atoms with Crippen LogP contribution in [0.2, 0.25) is 0 Å². The molecule has 0 radical (unpaired) electrons. The van der Waals surface area contributed by atoms with Gasteiger partial charge in [0.25, 0.3) is 0 Å². The van der Waals surface area contributed by atoms with Crippen molar-refractivity contribution < 1.29 is 4.79 Å². The van der Waals surface area contributed by atoms with Crippen LogP contribution in [0.25, 0.3) is 0 Å². The first-order valence-electron chi connectivity index (χ1n) is 6.75. The highest BCUT2D eigenvalue weighted by Gasteiger charge is 2.40. The van der Waals surface area contributed by atoms with Gasteiger partial charge in [-0.25, -0.2) is 0 Å². The minimum atomic E-state index is 0.341. The second-order valence-electron chi connectivity index (χ2n) is 5.71. The lowest BCUT2D eigenvalue weighted by atomic mass is 9.74. The number of carbonyl (C=O) groups excluding carboxylic acids is 1. The maximum absolute atomic E-state index is 11.6. The van der Waals surface area contributed by atoms with Gasteiger partial charge >= 0.3 is 0 Å². The standard InChI is InChI=1S/C14H21NO/c1-10-8-13(16)9-12-7-6-11-4-2-3-5-14(11)15(10)12/h8,11-12,14H,2-7,9H2,1H3. The summed E-state index contributed by atoms with van der Waals surface area (Å²) in [4.78, 5) is 14.2. The third-order valence-corrected chi connectivity index (χ3v) is 4.70. The van der Waals surface area contributed by atoms with E-state index < -0.39 is 0 Å². The normalized spacial score (nSPS) is 38.8. The van der Waals surface area contributed by atoms with Gasteiger partial charge < -0.3 is 4.90 Å². The number of piperidine rings is 1. The fourth-order valence-electron chi connectivity index (χ4n) is 4.06. The lowest BCUT2D eigenvalue weighted by Gasteiger charge is -2.51. The molecule has 0 spiro atoms. The van der Waals surface area contributed by atoms with E-state index in [9.17, 15) is 4.79 Å². The summed E-state index contributed by atoms with van der Waals surface area (Å²) in [6.07, 6.45) is 10.8. The van der Waals surface area contributed by atoms with Gasteiger partial charge in [-0.05, 0) is 38.5 Å². The molecule has 0 aromatic carbocycles. The molecule has 2 fully saturated rings. The van der Waals surface area contributed by atoms with Crippen LogP contribution in [-0.4, -0.2) is 22.8 Å². The van der Waals surface area contributed by atoms with Crippen LogP contribution in [0, 0.1) is 5.92 Å². The van der Waals surface area contributed by atoms with Crippen LogP contribution >= 0.6 is 0 Å². The molecule has 2 heterocycles. The molecular formula is C14H21NO. The highest BCUT2D eigenvalue weighted by atomic mass is 16.1. The molecule has 3 atom stereocenters. The predicted molar refractivity (Wildman–Crippen MR) is 64.0 cm³/mol. The molecule has 0 N–H and O–H groups in total. The Morgan fingerprint density at radius 2 is 2.00 bits per heavy atom. The molecule has 3 rings (SSSR count). The fraction of sp³-hybridized carbons (Fsp3) is 0.786. The van der Waals surface area contributed by atoms with Gasteiger partial charge in [-0.2, -0.15) is 0 Å². The highest BCUT2D eigenvalue weighted by Crippen LogP contribution is 2.41. The van der Waals surface area contributed by atoms with Crippen molar-refractivity contribution in [3.8, 4) is 0 Å². The van der Waals surface area contributed by atoms with E-state index in [1.807, 2.05) is 6.08 Å². The molecule has 0 bridgehead atoms. The second-order valence-corrected chi connectivity index (χ2v) is 5.71. The van der Waals surface area contributed by atoms with E-state index in [4.69, 9.17) is 0 Å². The van der Waals surface area contributed by atoms with Crippen molar-refractivity contribution in [1.82, 2.24) is 4.90 Å². The second kappa shape index (κ2) is 3.90. The van der Waals surface area contributed by atoms with Crippen LogP contribution < -0.4 is 0 Å². The van der Waals surface area contributed by atoms with Crippen LogP contribution in [0.4, 0.5) is 0 Å². The molecule has 3 aliphatic rings. The Morgan fingerprint density at radius 3 is 2.88 bits per heavy atom. The number of carbonyl (C=O) groups is 1. The number of hydrogen-bond donors (Lipinski definition) is 0. The lowest BCUT2D eigenvalue weighted by Crippen LogP contribution is -2.53. The summed E-state index contributed by atoms with van der Waals surface area (Å²) in [6, 6.07) is 1.27. The first-order valence-corrected chi connectivity index (χ1v) is 6.75. The molecule has 88 valence electrons. The smallest absolute Gasteiger partial charge is 0.159 e. The highest BCUT2D eigenvalue weighted by molar-refractivity contribution is 5.91. The van der Waals surface area contributed by atoms with Crippen LogP contribution in [0.15, 0.2) is 11.8 Å². The van der Waals surface area contributed by atoms with Crippen molar-refractivity contribution >= 4 is 5.78 Å². The number of ketones is 1. The van der Waals surface area contributed by atoms with Crippen molar-refractivity contribution in [2.45, 2.75) is 64.0 Å². The van der Waals surface area contributed by atoms with Gasteiger partial charge in [0, 0.05) is 30.3 Å². The van der Waals surface area contributed by atoms with Gasteiger partial charge in [0.2, 0.25) is 0 Å². The average molecular weight is 219 g/mol. The number of fused-ring (bicyclic) bond motifs is 3. The van der Waals surface area contributed by atoms with Gasteiger partial charge in [0.1, 0.15) is 0 Å². The third kappa shape index (κ3) is 1.59. The van der Waals surface area contributed by atoms with E-state index >= 15 is 0 Å². The third-order valence-electron chi connectivity index (χ3n) is 4.70. The Morgan fingerprint density at radius 1 is 1.19 bits per heavy atom. The van der Waals surface area contributed by atoms with Crippen molar-refractivity contribution in [3.05, 3.63) is 11.8 Å². The van der Waals surface area contributed by atoms with E-state index in [2.05, 4.69) is 11.8 Å². The Hall–Kier alpha value is -0.790. The van der Waals surface area contributed by atoms with Gasteiger partial charge in [-0.1, -0.05) is 12.8 Å². The quantitative estimate of drug-likeness (QED) is 0.624. The Kier molecular flexibility index (Phi) is 2.53. The molecule has 1 saturated heterocycles. The summed E-state index contributed by atoms with van der Waals surface area (Å²) >= 11 is 0. The minimum absolute atomic E-state index is 0.341. The molecule has 16 heavy (non-hydrogen) atoms. The molecular weight excluding hydrogens is 198 g/mol. The van der Waals surface area contributed by atoms with E-state index in [0.29, 0.717) is 11.8 Å². The first-order chi connectivity index (χ1) is 7.75. The molecule has 0 amide bonds. The molecule has 2 heteroatoms. The number of nitrogens with zero attached hydrogens (tertiary/aromatic N) is 1. The largest absolute Gasteiger partial charge is 0.368 e. The monoisotopic (exact) mass is 219 g/mol. The predicted octanol–water partition coefficient (Wildman–Crippen LogP) is 2.89. The van der Waals surface area contributed by atoms with Gasteiger partial charge in [0.05, 0.1) is 0 Å². The van der Waals surface area contributed by atoms with Gasteiger partial charge in [0.15, 0.2) is 5.78 Å². The summed E-state index contributed by atoms with van der Waals surface area (Å²) in [5.74, 6) is 1.24. The van der Waals surface area contributed by atoms with Crippen molar-refractivity contribution in [2.75, 3.05) is 0 Å². The van der Waals surface area contributed by atoms with Crippen molar-refractivity contribution in [1.29, 1.82) is 0 Å². The zero-order valence-electron chi connectivity index (χ0n) is 10.1. The van der Waals surface area contributed by atoms with Crippen LogP contribution in [0.1, 0.15) is 51.9 Å². The summed E-state index contributed by atoms with van der Waals surface area (Å²) in [5.41, 5.74) is 1.23. The number of hydrogen-bond acceptors (Lipinski definition) is 2. The summed E-state index contributed by atoms with van der Waals surface area (Å²) in [5, 5.41) is 0. The Balaban J connectivity index is 1.88. The summed E-state index contributed by atoms with van der Waals surface area (Å²) in [7, 11) is 0. The average Bonchev–Trinajstić information content (AvgIpc) is 2.28. The van der Waals surface area contributed by atoms with E-state index in [-0.39, 0.29) is 0 Å². The fourth-order valence-corrected chi connectivity index (χ4v) is 4.06. The molecule has 0 aromatic rings. The SMILES string of the molecule is CC1=CC(=O)CC2CCC3CCCCC3N12. The van der Waals surface area contributed by atoms with Crippen LogP contribution in [0.3, 0.4) is 0 Å². The Bertz CT molecular complexity index is 334. The lowest BCUT2D eigenvalue weighted by molar-refractivity contribution is -0.118. The molecule has 0 aromatic heterocycles. The minimum Gasteiger partial charge on any atom is -0.368 e. The number of allylic oxidation sites excluding steroid dienone is 2. The Labute approximate surface area is 97.7 Å². The van der Waals surface area contributed by atoms with Gasteiger partial charge in [-0.15, -0.1) is 0 Å². The zero-order chi connectivity index (χ0) is 11.1. The van der Waals surface area contributed by atoms with Crippen molar-refractivity contribution in [3.63, 3.8) is 0 Å². The van der Waals surface area contributed by atoms with E-state index in [1.165, 1.54) is 44.2 Å².